The van der Waals surface area contributed by atoms with Gasteiger partial charge in [-0.2, -0.15) is 5.10 Å². The summed E-state index contributed by atoms with van der Waals surface area (Å²) in [5, 5.41) is 8.77. The van der Waals surface area contributed by atoms with Crippen LogP contribution in [0.2, 0.25) is 0 Å². The van der Waals surface area contributed by atoms with Gasteiger partial charge in [-0.05, 0) is 30.6 Å². The van der Waals surface area contributed by atoms with Crippen molar-refractivity contribution >= 4 is 34.7 Å². The lowest BCUT2D eigenvalue weighted by molar-refractivity contribution is 0.101. The molecule has 7 nitrogen and oxygen atoms in total. The molecule has 10 heteroatoms. The number of nitrogens with one attached hydrogen (secondary N) is 2. The summed E-state index contributed by atoms with van der Waals surface area (Å²) in [4.78, 5) is 24.5. The monoisotopic (exact) mass is 377 g/mol. The molecule has 0 aliphatic rings. The fraction of sp³-hybridized carbons (Fsp3) is 0.125. The third-order valence-electron chi connectivity index (χ3n) is 3.43. The molecule has 3 aromatic rings. The van der Waals surface area contributed by atoms with Crippen molar-refractivity contribution in [2.24, 2.45) is 0 Å². The van der Waals surface area contributed by atoms with Gasteiger partial charge in [-0.25, -0.2) is 13.2 Å². The number of halogens is 2. The van der Waals surface area contributed by atoms with E-state index in [1.54, 1.807) is 10.9 Å². The average molecular weight is 377 g/mol. The van der Waals surface area contributed by atoms with E-state index >= 15 is 0 Å². The molecule has 1 aromatic carbocycles. The molecule has 0 spiro atoms. The first kappa shape index (κ1) is 17.7. The number of aryl methyl sites for hydroxylation is 1. The van der Waals surface area contributed by atoms with Crippen molar-refractivity contribution in [2.75, 3.05) is 10.6 Å². The highest BCUT2D eigenvalue weighted by Crippen LogP contribution is 2.22. The number of rotatable bonds is 5. The maximum atomic E-state index is 14.0. The number of hydrogen-bond donors (Lipinski definition) is 2. The summed E-state index contributed by atoms with van der Waals surface area (Å²) in [5.41, 5.74) is -0.342. The van der Waals surface area contributed by atoms with Crippen LogP contribution in [-0.4, -0.2) is 26.0 Å². The van der Waals surface area contributed by atoms with Crippen LogP contribution in [0.1, 0.15) is 27.0 Å². The molecule has 26 heavy (non-hydrogen) atoms. The molecule has 2 N–H and O–H groups in total. The SMILES string of the molecule is CCn1cc(NC(=O)c2cc(NC(=O)c3ccns3)c(F)cc2F)cn1. The van der Waals surface area contributed by atoms with Crippen molar-refractivity contribution < 1.29 is 18.4 Å². The first-order valence-corrected chi connectivity index (χ1v) is 8.30. The third-order valence-corrected chi connectivity index (χ3v) is 4.17. The van der Waals surface area contributed by atoms with Crippen molar-refractivity contribution in [3.8, 4) is 0 Å². The smallest absolute Gasteiger partial charge is 0.267 e. The molecule has 0 aliphatic carbocycles. The highest BCUT2D eigenvalue weighted by atomic mass is 32.1. The summed E-state index contributed by atoms with van der Waals surface area (Å²) >= 11 is 0.929. The van der Waals surface area contributed by atoms with Crippen molar-refractivity contribution in [2.45, 2.75) is 13.5 Å². The Morgan fingerprint density at radius 1 is 1.19 bits per heavy atom. The molecule has 2 amide bonds. The van der Waals surface area contributed by atoms with Gasteiger partial charge in [-0.3, -0.25) is 14.3 Å². The highest BCUT2D eigenvalue weighted by molar-refractivity contribution is 7.08. The number of carbonyl (C=O) groups is 2. The third kappa shape index (κ3) is 3.75. The number of nitrogens with zero attached hydrogens (tertiary/aromatic N) is 3. The Morgan fingerprint density at radius 2 is 2.00 bits per heavy atom. The van der Waals surface area contributed by atoms with E-state index in [1.807, 2.05) is 6.92 Å². The molecule has 0 radical (unpaired) electrons. The van der Waals surface area contributed by atoms with Crippen LogP contribution in [0.4, 0.5) is 20.2 Å². The zero-order valence-electron chi connectivity index (χ0n) is 13.5. The number of benzene rings is 1. The molecule has 2 aromatic heterocycles. The largest absolute Gasteiger partial charge is 0.319 e. The van der Waals surface area contributed by atoms with Gasteiger partial charge in [-0.15, -0.1) is 0 Å². The van der Waals surface area contributed by atoms with E-state index in [0.29, 0.717) is 18.3 Å². The molecule has 0 saturated heterocycles. The molecule has 134 valence electrons. The Morgan fingerprint density at radius 3 is 2.65 bits per heavy atom. The zero-order valence-corrected chi connectivity index (χ0v) is 14.3. The molecule has 2 heterocycles. The number of anilines is 2. The van der Waals surface area contributed by atoms with Gasteiger partial charge in [0.15, 0.2) is 0 Å². The van der Waals surface area contributed by atoms with Gasteiger partial charge >= 0.3 is 0 Å². The van der Waals surface area contributed by atoms with Crippen molar-refractivity contribution in [1.82, 2.24) is 14.2 Å². The van der Waals surface area contributed by atoms with Crippen LogP contribution in [-0.2, 0) is 6.54 Å². The van der Waals surface area contributed by atoms with Gasteiger partial charge in [-0.1, -0.05) is 0 Å². The Balaban J connectivity index is 1.82. The molecular weight excluding hydrogens is 364 g/mol. The van der Waals surface area contributed by atoms with E-state index in [9.17, 15) is 18.4 Å². The maximum absolute atomic E-state index is 14.0. The van der Waals surface area contributed by atoms with E-state index in [2.05, 4.69) is 20.1 Å². The van der Waals surface area contributed by atoms with Crippen molar-refractivity contribution in [1.29, 1.82) is 0 Å². The van der Waals surface area contributed by atoms with Gasteiger partial charge in [0.25, 0.3) is 11.8 Å². The predicted molar refractivity (Wildman–Crippen MR) is 92.3 cm³/mol. The lowest BCUT2D eigenvalue weighted by Gasteiger charge is -2.09. The first-order valence-electron chi connectivity index (χ1n) is 7.52. The second kappa shape index (κ2) is 7.40. The van der Waals surface area contributed by atoms with Gasteiger partial charge in [0.2, 0.25) is 0 Å². The summed E-state index contributed by atoms with van der Waals surface area (Å²) in [7, 11) is 0. The standard InChI is InChI=1S/C16H13F2N5O2S/c1-2-23-8-9(7-19-23)21-15(24)10-5-13(12(18)6-11(10)17)22-16(25)14-3-4-20-26-14/h3-8H,2H2,1H3,(H,21,24)(H,22,25). The van der Waals surface area contributed by atoms with E-state index in [1.165, 1.54) is 18.5 Å². The lowest BCUT2D eigenvalue weighted by Crippen LogP contribution is -2.16. The zero-order chi connectivity index (χ0) is 18.7. The quantitative estimate of drug-likeness (QED) is 0.715. The van der Waals surface area contributed by atoms with Gasteiger partial charge in [0, 0.05) is 25.0 Å². The van der Waals surface area contributed by atoms with E-state index in [-0.39, 0.29) is 10.6 Å². The lowest BCUT2D eigenvalue weighted by atomic mass is 10.1. The number of hydrogen-bond acceptors (Lipinski definition) is 5. The molecular formula is C16H13F2N5O2S. The summed E-state index contributed by atoms with van der Waals surface area (Å²) in [6, 6.07) is 2.95. The molecule has 3 rings (SSSR count). The van der Waals surface area contributed by atoms with Crippen LogP contribution in [0.25, 0.3) is 0 Å². The molecule has 0 atom stereocenters. The van der Waals surface area contributed by atoms with Gasteiger partial charge in [0.05, 0.1) is 23.1 Å². The molecule has 0 aliphatic heterocycles. The summed E-state index contributed by atoms with van der Waals surface area (Å²) in [5.74, 6) is -3.42. The minimum absolute atomic E-state index is 0.256. The Bertz CT molecular complexity index is 956. The van der Waals surface area contributed by atoms with Crippen LogP contribution in [0, 0.1) is 11.6 Å². The Kier molecular flexibility index (Phi) is 5.03. The van der Waals surface area contributed by atoms with Crippen molar-refractivity contribution in [3.63, 3.8) is 0 Å². The predicted octanol–water partition coefficient (Wildman–Crippen LogP) is 3.14. The normalized spacial score (nSPS) is 10.6. The summed E-state index contributed by atoms with van der Waals surface area (Å²) < 4.78 is 33.3. The number of amides is 2. The van der Waals surface area contributed by atoms with E-state index < -0.39 is 29.0 Å². The van der Waals surface area contributed by atoms with Crippen LogP contribution < -0.4 is 10.6 Å². The molecule has 0 bridgehead atoms. The molecule has 0 unspecified atom stereocenters. The molecule has 0 saturated carbocycles. The minimum Gasteiger partial charge on any atom is -0.319 e. The number of aromatic nitrogens is 3. The van der Waals surface area contributed by atoms with Crippen molar-refractivity contribution in [3.05, 3.63) is 58.9 Å². The van der Waals surface area contributed by atoms with Crippen LogP contribution in [0.5, 0.6) is 0 Å². The maximum Gasteiger partial charge on any atom is 0.267 e. The highest BCUT2D eigenvalue weighted by Gasteiger charge is 2.19. The van der Waals surface area contributed by atoms with Crippen LogP contribution in [0.15, 0.2) is 36.8 Å². The second-order valence-corrected chi connectivity index (χ2v) is 6.01. The van der Waals surface area contributed by atoms with E-state index in [4.69, 9.17) is 0 Å². The van der Waals surface area contributed by atoms with Gasteiger partial charge < -0.3 is 10.6 Å². The molecule has 0 fully saturated rings. The second-order valence-electron chi connectivity index (χ2n) is 5.18. The minimum atomic E-state index is -1.04. The fourth-order valence-electron chi connectivity index (χ4n) is 2.14. The summed E-state index contributed by atoms with van der Waals surface area (Å²) in [6.07, 6.45) is 4.41. The summed E-state index contributed by atoms with van der Waals surface area (Å²) in [6.45, 7) is 2.48. The first-order chi connectivity index (χ1) is 12.5. The van der Waals surface area contributed by atoms with E-state index in [0.717, 1.165) is 17.6 Å². The Labute approximate surface area is 150 Å². The van der Waals surface area contributed by atoms with Crippen LogP contribution in [0.3, 0.4) is 0 Å². The van der Waals surface area contributed by atoms with Gasteiger partial charge in [0.1, 0.15) is 16.5 Å². The average Bonchev–Trinajstić information content (AvgIpc) is 3.28. The topological polar surface area (TPSA) is 88.9 Å². The number of carbonyl (C=O) groups excluding carboxylic acids is 2. The van der Waals surface area contributed by atoms with Crippen LogP contribution >= 0.6 is 11.5 Å². The fourth-order valence-corrected chi connectivity index (χ4v) is 2.63. The Hall–Kier alpha value is -3.14.